The van der Waals surface area contributed by atoms with Crippen LogP contribution in [-0.2, 0) is 0 Å². The molecule has 0 saturated heterocycles. The molecule has 2 aromatic rings. The number of halogens is 1. The third-order valence-electron chi connectivity index (χ3n) is 3.34. The molecule has 1 aromatic carbocycles. The molecule has 0 spiro atoms. The molecule has 110 valence electrons. The Bertz CT molecular complexity index is 663. The van der Waals surface area contributed by atoms with Crippen molar-refractivity contribution in [2.75, 3.05) is 0 Å². The van der Waals surface area contributed by atoms with Crippen LogP contribution in [-0.4, -0.2) is 6.04 Å². The molecule has 0 aliphatic carbocycles. The highest BCUT2D eigenvalue weighted by atomic mass is 32.1. The van der Waals surface area contributed by atoms with Crippen LogP contribution >= 0.6 is 11.3 Å². The van der Waals surface area contributed by atoms with Gasteiger partial charge in [-0.15, -0.1) is 11.3 Å². The summed E-state index contributed by atoms with van der Waals surface area (Å²) < 4.78 is 19.8. The first-order chi connectivity index (χ1) is 10.1. The lowest BCUT2D eigenvalue weighted by molar-refractivity contribution is 0.166. The maximum atomic E-state index is 14.0. The van der Waals surface area contributed by atoms with Crippen molar-refractivity contribution in [3.63, 3.8) is 0 Å². The van der Waals surface area contributed by atoms with Gasteiger partial charge in [0, 0.05) is 10.9 Å². The van der Waals surface area contributed by atoms with E-state index in [4.69, 9.17) is 15.7 Å². The van der Waals surface area contributed by atoms with E-state index in [2.05, 4.69) is 0 Å². The van der Waals surface area contributed by atoms with Crippen LogP contribution in [0.2, 0.25) is 0 Å². The average molecular weight is 304 g/mol. The van der Waals surface area contributed by atoms with Crippen molar-refractivity contribution in [1.82, 2.24) is 0 Å². The fraction of sp³-hybridized carbons (Fsp3) is 0.312. The van der Waals surface area contributed by atoms with Crippen LogP contribution in [0.1, 0.15) is 35.5 Å². The predicted molar refractivity (Wildman–Crippen MR) is 81.8 cm³/mol. The molecule has 2 atom stereocenters. The van der Waals surface area contributed by atoms with E-state index in [0.29, 0.717) is 0 Å². The Balaban J connectivity index is 2.32. The van der Waals surface area contributed by atoms with Gasteiger partial charge in [0.05, 0.1) is 11.6 Å². The summed E-state index contributed by atoms with van der Waals surface area (Å²) >= 11 is 1.55. The number of nitriles is 1. The van der Waals surface area contributed by atoms with Crippen LogP contribution < -0.4 is 10.5 Å². The number of hydrogen-bond acceptors (Lipinski definition) is 4. The minimum Gasteiger partial charge on any atom is -0.480 e. The molecule has 2 rings (SSSR count). The molecule has 5 heteroatoms. The second-order valence-electron chi connectivity index (χ2n) is 4.84. The fourth-order valence-electron chi connectivity index (χ4n) is 2.03. The van der Waals surface area contributed by atoms with E-state index < -0.39 is 11.9 Å². The number of aryl methyl sites for hydroxylation is 1. The highest BCUT2D eigenvalue weighted by Gasteiger charge is 2.24. The van der Waals surface area contributed by atoms with Crippen LogP contribution in [0.5, 0.6) is 5.75 Å². The summed E-state index contributed by atoms with van der Waals surface area (Å²) in [4.78, 5) is 1.01. The number of benzene rings is 1. The Morgan fingerprint density at radius 3 is 2.71 bits per heavy atom. The van der Waals surface area contributed by atoms with Gasteiger partial charge < -0.3 is 10.5 Å². The zero-order valence-electron chi connectivity index (χ0n) is 12.0. The lowest BCUT2D eigenvalue weighted by Crippen LogP contribution is -2.31. The molecule has 0 bridgehead atoms. The molecule has 3 nitrogen and oxygen atoms in total. The van der Waals surface area contributed by atoms with Crippen molar-refractivity contribution >= 4 is 11.3 Å². The van der Waals surface area contributed by atoms with Crippen LogP contribution in [0.3, 0.4) is 0 Å². The van der Waals surface area contributed by atoms with Crippen molar-refractivity contribution in [2.45, 2.75) is 32.4 Å². The molecule has 1 heterocycles. The van der Waals surface area contributed by atoms with E-state index >= 15 is 0 Å². The van der Waals surface area contributed by atoms with Crippen LogP contribution in [0.4, 0.5) is 4.39 Å². The normalized spacial score (nSPS) is 13.5. The highest BCUT2D eigenvalue weighted by Crippen LogP contribution is 2.32. The van der Waals surface area contributed by atoms with E-state index in [-0.39, 0.29) is 17.4 Å². The Hall–Kier alpha value is -1.90. The van der Waals surface area contributed by atoms with E-state index in [1.807, 2.05) is 31.4 Å². The summed E-state index contributed by atoms with van der Waals surface area (Å²) in [6.07, 6.45) is 0.331. The second kappa shape index (κ2) is 6.70. The molecule has 0 saturated carbocycles. The van der Waals surface area contributed by atoms with Crippen molar-refractivity contribution in [1.29, 1.82) is 5.26 Å². The van der Waals surface area contributed by atoms with E-state index in [1.54, 1.807) is 11.3 Å². The van der Waals surface area contributed by atoms with E-state index in [9.17, 15) is 4.39 Å². The smallest absolute Gasteiger partial charge is 0.166 e. The average Bonchev–Trinajstić information content (AvgIpc) is 2.91. The maximum absolute atomic E-state index is 14.0. The largest absolute Gasteiger partial charge is 0.480 e. The number of hydrogen-bond donors (Lipinski definition) is 1. The zero-order valence-corrected chi connectivity index (χ0v) is 12.8. The van der Waals surface area contributed by atoms with Gasteiger partial charge in [-0.25, -0.2) is 4.39 Å². The summed E-state index contributed by atoms with van der Waals surface area (Å²) in [6, 6.07) is 7.86. The van der Waals surface area contributed by atoms with Gasteiger partial charge in [-0.05, 0) is 48.6 Å². The summed E-state index contributed by atoms with van der Waals surface area (Å²) in [5.41, 5.74) is 7.49. The molecule has 1 aromatic heterocycles. The van der Waals surface area contributed by atoms with Gasteiger partial charge in [-0.1, -0.05) is 6.92 Å². The first kappa shape index (κ1) is 15.5. The van der Waals surface area contributed by atoms with Crippen LogP contribution in [0, 0.1) is 24.1 Å². The standard InChI is InChI=1S/C16H17FN2OS/c1-3-13(19)15(16-10(2)6-7-21-16)20-14-5-4-11(9-18)8-12(14)17/h4-8,13,15H,3,19H2,1-2H3. The van der Waals surface area contributed by atoms with Crippen molar-refractivity contribution in [2.24, 2.45) is 5.73 Å². The lowest BCUT2D eigenvalue weighted by atomic mass is 10.1. The molecule has 2 unspecified atom stereocenters. The van der Waals surface area contributed by atoms with Gasteiger partial charge in [0.1, 0.15) is 6.10 Å². The van der Waals surface area contributed by atoms with Crippen molar-refractivity contribution in [3.8, 4) is 11.8 Å². The summed E-state index contributed by atoms with van der Waals surface area (Å²) in [5.74, 6) is -0.424. The Labute approximate surface area is 127 Å². The molecule has 0 amide bonds. The molecule has 0 aliphatic rings. The quantitative estimate of drug-likeness (QED) is 0.910. The second-order valence-corrected chi connectivity index (χ2v) is 5.78. The summed E-state index contributed by atoms with van der Waals surface area (Å²) in [7, 11) is 0. The molecular weight excluding hydrogens is 287 g/mol. The fourth-order valence-corrected chi connectivity index (χ4v) is 3.06. The Morgan fingerprint density at radius 1 is 1.43 bits per heavy atom. The molecular formula is C16H17FN2OS. The van der Waals surface area contributed by atoms with Gasteiger partial charge in [0.25, 0.3) is 0 Å². The molecule has 0 fully saturated rings. The highest BCUT2D eigenvalue weighted by molar-refractivity contribution is 7.10. The molecule has 0 radical (unpaired) electrons. The molecule has 21 heavy (non-hydrogen) atoms. The van der Waals surface area contributed by atoms with Crippen LogP contribution in [0.15, 0.2) is 29.6 Å². The summed E-state index contributed by atoms with van der Waals surface area (Å²) in [5, 5.41) is 10.7. The van der Waals surface area contributed by atoms with Gasteiger partial charge >= 0.3 is 0 Å². The third kappa shape index (κ3) is 3.41. The maximum Gasteiger partial charge on any atom is 0.166 e. The minimum atomic E-state index is -0.545. The Morgan fingerprint density at radius 2 is 2.19 bits per heavy atom. The van der Waals surface area contributed by atoms with Gasteiger partial charge in [-0.3, -0.25) is 0 Å². The lowest BCUT2D eigenvalue weighted by Gasteiger charge is -2.24. The zero-order chi connectivity index (χ0) is 15.4. The number of rotatable bonds is 5. The summed E-state index contributed by atoms with van der Waals surface area (Å²) in [6.45, 7) is 3.96. The Kier molecular flexibility index (Phi) is 4.94. The number of ether oxygens (including phenoxy) is 1. The topological polar surface area (TPSA) is 59.0 Å². The molecule has 2 N–H and O–H groups in total. The number of nitrogens with zero attached hydrogens (tertiary/aromatic N) is 1. The van der Waals surface area contributed by atoms with Crippen LogP contribution in [0.25, 0.3) is 0 Å². The number of thiophene rings is 1. The monoisotopic (exact) mass is 304 g/mol. The van der Waals surface area contributed by atoms with Crippen molar-refractivity contribution < 1.29 is 9.13 Å². The van der Waals surface area contributed by atoms with E-state index in [0.717, 1.165) is 16.9 Å². The predicted octanol–water partition coefficient (Wildman–Crippen LogP) is 3.92. The SMILES string of the molecule is CCC(N)C(Oc1ccc(C#N)cc1F)c1sccc1C. The third-order valence-corrected chi connectivity index (χ3v) is 4.42. The van der Waals surface area contributed by atoms with Gasteiger partial charge in [0.15, 0.2) is 11.6 Å². The minimum absolute atomic E-state index is 0.121. The van der Waals surface area contributed by atoms with Crippen molar-refractivity contribution in [3.05, 3.63) is 51.5 Å². The first-order valence-corrected chi connectivity index (χ1v) is 7.60. The number of nitrogens with two attached hydrogens (primary N) is 1. The molecule has 0 aliphatic heterocycles. The van der Waals surface area contributed by atoms with Gasteiger partial charge in [0.2, 0.25) is 0 Å². The first-order valence-electron chi connectivity index (χ1n) is 6.72. The van der Waals surface area contributed by atoms with E-state index in [1.165, 1.54) is 18.2 Å². The van der Waals surface area contributed by atoms with Gasteiger partial charge in [-0.2, -0.15) is 5.26 Å².